The quantitative estimate of drug-likeness (QED) is 0.678. The standard InChI is InChI=1S/C14H25N3O4/c1-3-11(13(19)20)17(2)9-12(18)16-14(21)15-10-7-5-4-6-8-10/h10-11H,3-9H2,1-2H3,(H,19,20)(H2,15,16,18,21). The van der Waals surface area contributed by atoms with Gasteiger partial charge in [-0.25, -0.2) is 4.79 Å². The first-order chi connectivity index (χ1) is 9.93. The molecule has 3 amide bonds. The third kappa shape index (κ3) is 6.12. The van der Waals surface area contributed by atoms with Crippen LogP contribution in [0.15, 0.2) is 0 Å². The molecule has 0 bridgehead atoms. The maximum absolute atomic E-state index is 11.7. The van der Waals surface area contributed by atoms with Crippen LogP contribution in [0, 0.1) is 0 Å². The summed E-state index contributed by atoms with van der Waals surface area (Å²) in [4.78, 5) is 35.8. The number of urea groups is 1. The van der Waals surface area contributed by atoms with E-state index in [-0.39, 0.29) is 12.6 Å². The Bertz CT molecular complexity index is 380. The summed E-state index contributed by atoms with van der Waals surface area (Å²) in [6.45, 7) is 1.62. The fourth-order valence-corrected chi connectivity index (χ4v) is 2.65. The highest BCUT2D eigenvalue weighted by Gasteiger charge is 2.23. The van der Waals surface area contributed by atoms with Gasteiger partial charge in [0.1, 0.15) is 6.04 Å². The van der Waals surface area contributed by atoms with Crippen LogP contribution in [0.4, 0.5) is 4.79 Å². The summed E-state index contributed by atoms with van der Waals surface area (Å²) in [5.74, 6) is -1.47. The van der Waals surface area contributed by atoms with E-state index in [1.807, 2.05) is 0 Å². The third-order valence-corrected chi connectivity index (χ3v) is 3.79. The van der Waals surface area contributed by atoms with Crippen molar-refractivity contribution < 1.29 is 19.5 Å². The van der Waals surface area contributed by atoms with E-state index in [0.717, 1.165) is 25.7 Å². The molecule has 0 spiro atoms. The summed E-state index contributed by atoms with van der Waals surface area (Å²) in [6, 6.07) is -1.09. The average molecular weight is 299 g/mol. The Morgan fingerprint density at radius 2 is 1.86 bits per heavy atom. The molecule has 3 N–H and O–H groups in total. The van der Waals surface area contributed by atoms with Gasteiger partial charge in [0.2, 0.25) is 5.91 Å². The number of aliphatic carboxylic acids is 1. The van der Waals surface area contributed by atoms with Gasteiger partial charge < -0.3 is 10.4 Å². The van der Waals surface area contributed by atoms with Gasteiger partial charge in [0, 0.05) is 6.04 Å². The van der Waals surface area contributed by atoms with Crippen molar-refractivity contribution in [3.05, 3.63) is 0 Å². The molecule has 1 fully saturated rings. The minimum Gasteiger partial charge on any atom is -0.480 e. The third-order valence-electron chi connectivity index (χ3n) is 3.79. The summed E-state index contributed by atoms with van der Waals surface area (Å²) in [6.07, 6.45) is 5.66. The molecule has 1 unspecified atom stereocenters. The first-order valence-electron chi connectivity index (χ1n) is 7.47. The normalized spacial score (nSPS) is 17.3. The number of carbonyl (C=O) groups is 3. The topological polar surface area (TPSA) is 98.7 Å². The number of carboxylic acids is 1. The summed E-state index contributed by atoms with van der Waals surface area (Å²) in [5.41, 5.74) is 0. The van der Waals surface area contributed by atoms with E-state index in [1.54, 1.807) is 14.0 Å². The molecule has 0 radical (unpaired) electrons. The smallest absolute Gasteiger partial charge is 0.321 e. The summed E-state index contributed by atoms with van der Waals surface area (Å²) < 4.78 is 0. The van der Waals surface area contributed by atoms with Crippen LogP contribution in [-0.2, 0) is 9.59 Å². The highest BCUT2D eigenvalue weighted by molar-refractivity contribution is 5.95. The predicted octanol–water partition coefficient (Wildman–Crippen LogP) is 0.940. The van der Waals surface area contributed by atoms with E-state index in [4.69, 9.17) is 5.11 Å². The Hall–Kier alpha value is -1.63. The summed E-state index contributed by atoms with van der Waals surface area (Å²) >= 11 is 0. The first-order valence-corrected chi connectivity index (χ1v) is 7.47. The van der Waals surface area contributed by atoms with E-state index in [0.29, 0.717) is 6.42 Å². The van der Waals surface area contributed by atoms with E-state index in [9.17, 15) is 14.4 Å². The maximum Gasteiger partial charge on any atom is 0.321 e. The monoisotopic (exact) mass is 299 g/mol. The molecule has 0 aromatic heterocycles. The number of amides is 3. The van der Waals surface area contributed by atoms with Gasteiger partial charge in [-0.05, 0) is 26.3 Å². The highest BCUT2D eigenvalue weighted by Crippen LogP contribution is 2.17. The number of likely N-dealkylation sites (N-methyl/N-ethyl adjacent to an activating group) is 1. The Balaban J connectivity index is 2.34. The van der Waals surface area contributed by atoms with Crippen molar-refractivity contribution in [3.8, 4) is 0 Å². The molecule has 7 heteroatoms. The largest absolute Gasteiger partial charge is 0.480 e. The van der Waals surface area contributed by atoms with Crippen molar-refractivity contribution in [1.29, 1.82) is 0 Å². The molecule has 120 valence electrons. The molecule has 0 aromatic carbocycles. The van der Waals surface area contributed by atoms with Crippen LogP contribution in [0.3, 0.4) is 0 Å². The second kappa shape index (κ2) is 8.61. The number of hydrogen-bond donors (Lipinski definition) is 3. The molecular weight excluding hydrogens is 274 g/mol. The lowest BCUT2D eigenvalue weighted by Gasteiger charge is -2.24. The molecule has 21 heavy (non-hydrogen) atoms. The van der Waals surface area contributed by atoms with Crippen molar-refractivity contribution in [2.45, 2.75) is 57.5 Å². The molecule has 0 saturated heterocycles. The van der Waals surface area contributed by atoms with E-state index in [1.165, 1.54) is 11.3 Å². The lowest BCUT2D eigenvalue weighted by atomic mass is 9.96. The Morgan fingerprint density at radius 3 is 2.38 bits per heavy atom. The molecule has 1 aliphatic carbocycles. The SMILES string of the molecule is CCC(C(=O)O)N(C)CC(=O)NC(=O)NC1CCCCC1. The lowest BCUT2D eigenvalue weighted by molar-refractivity contribution is -0.143. The Labute approximate surface area is 125 Å². The number of hydrogen-bond acceptors (Lipinski definition) is 4. The fourth-order valence-electron chi connectivity index (χ4n) is 2.65. The van der Waals surface area contributed by atoms with Crippen molar-refractivity contribution in [3.63, 3.8) is 0 Å². The van der Waals surface area contributed by atoms with Crippen LogP contribution in [0.1, 0.15) is 45.4 Å². The van der Waals surface area contributed by atoms with Gasteiger partial charge in [0.15, 0.2) is 0 Å². The van der Waals surface area contributed by atoms with E-state index < -0.39 is 23.9 Å². The van der Waals surface area contributed by atoms with Gasteiger partial charge in [-0.1, -0.05) is 26.2 Å². The maximum atomic E-state index is 11.7. The molecule has 1 saturated carbocycles. The molecule has 0 aliphatic heterocycles. The lowest BCUT2D eigenvalue weighted by Crippen LogP contribution is -2.49. The first kappa shape index (κ1) is 17.4. The minimum atomic E-state index is -0.973. The van der Waals surface area contributed by atoms with E-state index >= 15 is 0 Å². The molecule has 1 rings (SSSR count). The number of nitrogens with zero attached hydrogens (tertiary/aromatic N) is 1. The van der Waals surface area contributed by atoms with Gasteiger partial charge in [-0.15, -0.1) is 0 Å². The van der Waals surface area contributed by atoms with Crippen LogP contribution in [0.2, 0.25) is 0 Å². The minimum absolute atomic E-state index is 0.122. The van der Waals surface area contributed by atoms with Crippen LogP contribution >= 0.6 is 0 Å². The molecule has 7 nitrogen and oxygen atoms in total. The summed E-state index contributed by atoms with van der Waals surface area (Å²) in [5, 5.41) is 14.0. The van der Waals surface area contributed by atoms with Crippen molar-refractivity contribution >= 4 is 17.9 Å². The zero-order valence-electron chi connectivity index (χ0n) is 12.7. The number of imide groups is 1. The number of rotatable bonds is 6. The zero-order valence-corrected chi connectivity index (χ0v) is 12.7. The molecule has 0 heterocycles. The van der Waals surface area contributed by atoms with Crippen molar-refractivity contribution in [1.82, 2.24) is 15.5 Å². The van der Waals surface area contributed by atoms with Gasteiger partial charge in [0.05, 0.1) is 6.54 Å². The van der Waals surface area contributed by atoms with Gasteiger partial charge in [0.25, 0.3) is 0 Å². The fraction of sp³-hybridized carbons (Fsp3) is 0.786. The second-order valence-corrected chi connectivity index (χ2v) is 5.53. The average Bonchev–Trinajstić information content (AvgIpc) is 2.39. The highest BCUT2D eigenvalue weighted by atomic mass is 16.4. The predicted molar refractivity (Wildman–Crippen MR) is 77.9 cm³/mol. The number of nitrogens with one attached hydrogen (secondary N) is 2. The van der Waals surface area contributed by atoms with Gasteiger partial charge in [-0.3, -0.25) is 19.8 Å². The number of carbonyl (C=O) groups excluding carboxylic acids is 2. The molecule has 1 aliphatic rings. The zero-order chi connectivity index (χ0) is 15.8. The van der Waals surface area contributed by atoms with E-state index in [2.05, 4.69) is 10.6 Å². The van der Waals surface area contributed by atoms with Gasteiger partial charge in [-0.2, -0.15) is 0 Å². The Kier molecular flexibility index (Phi) is 7.14. The summed E-state index contributed by atoms with van der Waals surface area (Å²) in [7, 11) is 1.56. The van der Waals surface area contributed by atoms with Crippen LogP contribution in [0.25, 0.3) is 0 Å². The van der Waals surface area contributed by atoms with Crippen LogP contribution in [-0.4, -0.2) is 53.6 Å². The Morgan fingerprint density at radius 1 is 1.24 bits per heavy atom. The molecular formula is C14H25N3O4. The second-order valence-electron chi connectivity index (χ2n) is 5.53. The molecule has 0 aromatic rings. The van der Waals surface area contributed by atoms with Crippen molar-refractivity contribution in [2.24, 2.45) is 0 Å². The van der Waals surface area contributed by atoms with Crippen LogP contribution in [0.5, 0.6) is 0 Å². The number of carboxylic acid groups (broad SMARTS) is 1. The molecule has 1 atom stereocenters. The van der Waals surface area contributed by atoms with Crippen molar-refractivity contribution in [2.75, 3.05) is 13.6 Å². The van der Waals surface area contributed by atoms with Crippen LogP contribution < -0.4 is 10.6 Å². The van der Waals surface area contributed by atoms with Gasteiger partial charge >= 0.3 is 12.0 Å².